The molecule has 14 atom stereocenters. The molecule has 1 unspecified atom stereocenters. The molecule has 0 radical (unpaired) electrons. The van der Waals surface area contributed by atoms with E-state index >= 15 is 0 Å². The van der Waals surface area contributed by atoms with Gasteiger partial charge in [-0.15, -0.1) is 0 Å². The number of unbranched alkanes of at least 4 members (excludes halogenated alkanes) is 1. The topological polar surface area (TPSA) is 172 Å². The fourth-order valence-electron chi connectivity index (χ4n) is 9.66. The summed E-state index contributed by atoms with van der Waals surface area (Å²) >= 11 is 5.94. The zero-order valence-electron chi connectivity index (χ0n) is 35.3. The van der Waals surface area contributed by atoms with Crippen molar-refractivity contribution in [3.63, 3.8) is 0 Å². The van der Waals surface area contributed by atoms with Gasteiger partial charge in [0.2, 0.25) is 0 Å². The number of hydrogen-bond donors (Lipinski definition) is 1. The monoisotopic (exact) mass is 829 g/mol. The Morgan fingerprint density at radius 2 is 1.71 bits per heavy atom. The van der Waals surface area contributed by atoms with Gasteiger partial charge in [0, 0.05) is 67.9 Å². The van der Waals surface area contributed by atoms with Crippen LogP contribution in [0, 0.1) is 29.6 Å². The number of Topliss-reactive ketones (excluding diaryl/α,β-unsaturated/α-hetero) is 2. The maximum Gasteiger partial charge on any atom is 0.410 e. The van der Waals surface area contributed by atoms with Crippen LogP contribution in [0.5, 0.6) is 0 Å². The lowest BCUT2D eigenvalue weighted by atomic mass is 9.75. The summed E-state index contributed by atoms with van der Waals surface area (Å²) in [6.45, 7) is 13.2. The van der Waals surface area contributed by atoms with Gasteiger partial charge >= 0.3 is 12.1 Å². The van der Waals surface area contributed by atoms with Crippen molar-refractivity contribution in [3.8, 4) is 11.3 Å². The number of rotatable bonds is 10. The molecule has 1 N–H and O–H groups in total. The number of carbonyl (C=O) groups excluding carboxylic acids is 4. The average molecular weight is 830 g/mol. The van der Waals surface area contributed by atoms with Crippen molar-refractivity contribution < 1.29 is 48.0 Å². The Hall–Kier alpha value is -3.47. The number of nitrogens with zero attached hydrogens (tertiary/aromatic N) is 5. The molecular formula is C42H60ClN5O10. The lowest BCUT2D eigenvalue weighted by molar-refractivity contribution is -0.295. The second-order valence-corrected chi connectivity index (χ2v) is 17.8. The molecule has 58 heavy (non-hydrogen) atoms. The van der Waals surface area contributed by atoms with Crippen molar-refractivity contribution in [1.29, 1.82) is 0 Å². The highest BCUT2D eigenvalue weighted by molar-refractivity contribution is 6.29. The lowest BCUT2D eigenvalue weighted by Gasteiger charge is -2.46. The Balaban J connectivity index is 1.24. The molecule has 1 saturated carbocycles. The largest absolute Gasteiger partial charge is 0.457 e. The van der Waals surface area contributed by atoms with Gasteiger partial charge in [0.15, 0.2) is 23.8 Å². The van der Waals surface area contributed by atoms with E-state index < -0.39 is 89.3 Å². The van der Waals surface area contributed by atoms with Crippen molar-refractivity contribution in [2.45, 2.75) is 135 Å². The third-order valence-corrected chi connectivity index (χ3v) is 13.4. The maximum absolute atomic E-state index is 14.6. The molecule has 320 valence electrons. The van der Waals surface area contributed by atoms with Crippen molar-refractivity contribution >= 4 is 35.2 Å². The predicted molar refractivity (Wildman–Crippen MR) is 212 cm³/mol. The standard InChI is InChI=1S/C42H60ClN5O10/c1-22-18-41(7,54-10)36(57-39-34(51)30(46(8)9)17-23(2)55-39)25(4)33(50)26(5)38(52)56-37-27(6)42(37)35(24(3)32(22)49)48(40(53)58-42)16-12-11-15-47-20-29(45-21-47)28-13-14-31(43)44-19-28/h13-14,19-27,30,34-37,39,51H,11-12,15-18H2,1-10H3/t22-,23-,24+,25+,26-,27?,30+,34-,35-,36-,37-,39+,41+,42+/m1/s1. The number of imidazole rings is 1. The highest BCUT2D eigenvalue weighted by Crippen LogP contribution is 2.59. The molecule has 0 bridgehead atoms. The van der Waals surface area contributed by atoms with Crippen LogP contribution in [0.4, 0.5) is 4.79 Å². The summed E-state index contributed by atoms with van der Waals surface area (Å²) in [5.41, 5.74) is -0.910. The number of halogens is 1. The van der Waals surface area contributed by atoms with E-state index in [0.717, 1.165) is 11.3 Å². The molecule has 1 amide bonds. The SMILES string of the molecule is CO[C@@]1(C)C[C@@H](C)C(=O)[C@H](C)[C@H]2N(CCCCn3cnc(-c4ccc(Cl)nc4)c3)C(=O)O[C@@]23C(C)[C@H]3OC(=O)[C@H](C)C(=O)[C@H](C)[C@H]1O[C@@H]1O[C@H](C)C[C@H](N(C)C)[C@H]1O. The number of aliphatic hydroxyl groups is 1. The predicted octanol–water partition coefficient (Wildman–Crippen LogP) is 4.80. The van der Waals surface area contributed by atoms with E-state index in [1.807, 2.05) is 56.6 Å². The van der Waals surface area contributed by atoms with Gasteiger partial charge < -0.3 is 43.2 Å². The van der Waals surface area contributed by atoms with Crippen molar-refractivity contribution in [2.24, 2.45) is 29.6 Å². The minimum atomic E-state index is -1.26. The molecule has 6 rings (SSSR count). The van der Waals surface area contributed by atoms with Gasteiger partial charge in [0.1, 0.15) is 23.0 Å². The molecule has 4 fully saturated rings. The van der Waals surface area contributed by atoms with Crippen LogP contribution in [-0.4, -0.2) is 135 Å². The Kier molecular flexibility index (Phi) is 13.1. The fourth-order valence-corrected chi connectivity index (χ4v) is 9.77. The Bertz CT molecular complexity index is 1830. The van der Waals surface area contributed by atoms with Crippen molar-refractivity contribution in [1.82, 2.24) is 24.3 Å². The minimum Gasteiger partial charge on any atom is -0.457 e. The molecule has 1 aliphatic carbocycles. The van der Waals surface area contributed by atoms with Crippen LogP contribution in [0.3, 0.4) is 0 Å². The number of esters is 1. The quantitative estimate of drug-likeness (QED) is 0.150. The molecule has 3 aliphatic heterocycles. The van der Waals surface area contributed by atoms with Crippen LogP contribution in [0.25, 0.3) is 11.3 Å². The number of likely N-dealkylation sites (N-methyl/N-ethyl adjacent to an activating group) is 1. The van der Waals surface area contributed by atoms with Crippen molar-refractivity contribution in [2.75, 3.05) is 27.7 Å². The molecule has 16 heteroatoms. The molecule has 1 spiro atoms. The summed E-state index contributed by atoms with van der Waals surface area (Å²) in [4.78, 5) is 68.7. The van der Waals surface area contributed by atoms with E-state index in [1.165, 1.54) is 14.0 Å². The van der Waals surface area contributed by atoms with Crippen molar-refractivity contribution in [3.05, 3.63) is 36.0 Å². The fraction of sp³-hybridized carbons (Fsp3) is 0.714. The number of ketones is 2. The number of amides is 1. The van der Waals surface area contributed by atoms with E-state index in [9.17, 15) is 24.3 Å². The maximum atomic E-state index is 14.6. The third-order valence-electron chi connectivity index (χ3n) is 13.2. The van der Waals surface area contributed by atoms with Crippen LogP contribution in [0.2, 0.25) is 5.15 Å². The van der Waals surface area contributed by atoms with E-state index in [-0.39, 0.29) is 24.3 Å². The number of aromatic nitrogens is 3. The molecule has 0 aromatic carbocycles. The first kappa shape index (κ1) is 44.1. The smallest absolute Gasteiger partial charge is 0.410 e. The molecule has 5 heterocycles. The summed E-state index contributed by atoms with van der Waals surface area (Å²) in [7, 11) is 5.24. The number of methoxy groups -OCH3 is 1. The second kappa shape index (κ2) is 17.3. The van der Waals surface area contributed by atoms with E-state index in [0.29, 0.717) is 37.5 Å². The van der Waals surface area contributed by atoms with E-state index in [1.54, 1.807) is 44.3 Å². The van der Waals surface area contributed by atoms with Crippen LogP contribution < -0.4 is 0 Å². The Morgan fingerprint density at radius 1 is 1.00 bits per heavy atom. The average Bonchev–Trinajstić information content (AvgIpc) is 3.47. The summed E-state index contributed by atoms with van der Waals surface area (Å²) < 4.78 is 33.1. The first-order chi connectivity index (χ1) is 27.3. The van der Waals surface area contributed by atoms with Gasteiger partial charge in [-0.2, -0.15) is 0 Å². The highest BCUT2D eigenvalue weighted by atomic mass is 35.5. The molecule has 3 saturated heterocycles. The summed E-state index contributed by atoms with van der Waals surface area (Å²) in [6, 6.07) is 2.56. The zero-order chi connectivity index (χ0) is 42.4. The number of aliphatic hydroxyl groups excluding tert-OH is 1. The van der Waals surface area contributed by atoms with Gasteiger partial charge in [0.05, 0.1) is 35.9 Å². The summed E-state index contributed by atoms with van der Waals surface area (Å²) in [5, 5.41) is 11.8. The third kappa shape index (κ3) is 8.31. The van der Waals surface area contributed by atoms with Crippen LogP contribution >= 0.6 is 11.6 Å². The first-order valence-corrected chi connectivity index (χ1v) is 20.8. The first-order valence-electron chi connectivity index (χ1n) is 20.5. The van der Waals surface area contributed by atoms with Crippen LogP contribution in [0.1, 0.15) is 74.1 Å². The van der Waals surface area contributed by atoms with E-state index in [4.69, 9.17) is 35.3 Å². The highest BCUT2D eigenvalue weighted by Gasteiger charge is 2.78. The minimum absolute atomic E-state index is 0.135. The number of aryl methyl sites for hydroxylation is 1. The Labute approximate surface area is 346 Å². The zero-order valence-corrected chi connectivity index (χ0v) is 36.0. The van der Waals surface area contributed by atoms with Gasteiger partial charge in [-0.25, -0.2) is 14.8 Å². The number of ether oxygens (including phenoxy) is 5. The second-order valence-electron chi connectivity index (χ2n) is 17.4. The lowest BCUT2D eigenvalue weighted by Crippen LogP contribution is -2.59. The number of hydrogen-bond acceptors (Lipinski definition) is 13. The normalized spacial score (nSPS) is 38.5. The van der Waals surface area contributed by atoms with Gasteiger partial charge in [-0.1, -0.05) is 39.3 Å². The number of pyridine rings is 1. The summed E-state index contributed by atoms with van der Waals surface area (Å²) in [6.07, 6.45) is 2.45. The van der Waals surface area contributed by atoms with Crippen LogP contribution in [-0.2, 0) is 44.6 Å². The summed E-state index contributed by atoms with van der Waals surface area (Å²) in [5.74, 6) is -5.27. The Morgan fingerprint density at radius 3 is 2.36 bits per heavy atom. The molecule has 4 aliphatic rings. The molecule has 2 aromatic rings. The van der Waals surface area contributed by atoms with Gasteiger partial charge in [-0.3, -0.25) is 14.4 Å². The number of carbonyl (C=O) groups is 4. The molecular weight excluding hydrogens is 770 g/mol. The van der Waals surface area contributed by atoms with Crippen LogP contribution in [0.15, 0.2) is 30.9 Å². The molecule has 15 nitrogen and oxygen atoms in total. The molecule has 2 aromatic heterocycles. The van der Waals surface area contributed by atoms with Gasteiger partial charge in [0.25, 0.3) is 0 Å². The van der Waals surface area contributed by atoms with E-state index in [2.05, 4.69) is 9.97 Å². The van der Waals surface area contributed by atoms with Gasteiger partial charge in [-0.05, 0) is 72.7 Å².